The molecule has 0 fully saturated rings. The van der Waals surface area contributed by atoms with Crippen molar-refractivity contribution in [2.24, 2.45) is 5.73 Å². The molecule has 2 aromatic carbocycles. The van der Waals surface area contributed by atoms with Gasteiger partial charge in [-0.15, -0.1) is 0 Å². The summed E-state index contributed by atoms with van der Waals surface area (Å²) in [4.78, 5) is 23.2. The van der Waals surface area contributed by atoms with E-state index in [1.165, 1.54) is 0 Å². The Balaban J connectivity index is 1.73. The van der Waals surface area contributed by atoms with Crippen LogP contribution in [0.5, 0.6) is 11.5 Å². The van der Waals surface area contributed by atoms with Gasteiger partial charge >= 0.3 is 0 Å². The zero-order valence-corrected chi connectivity index (χ0v) is 14.4. The van der Waals surface area contributed by atoms with Crippen molar-refractivity contribution in [2.75, 3.05) is 13.2 Å². The number of amides is 2. The van der Waals surface area contributed by atoms with Gasteiger partial charge in [0.15, 0.2) is 6.10 Å². The average molecular weight is 352 g/mol. The summed E-state index contributed by atoms with van der Waals surface area (Å²) in [6, 6.07) is 15.8. The Hall–Kier alpha value is -3.46. The van der Waals surface area contributed by atoms with E-state index in [0.717, 1.165) is 0 Å². The lowest BCUT2D eigenvalue weighted by Crippen LogP contribution is -2.36. The molecule has 2 aromatic rings. The Morgan fingerprint density at radius 3 is 2.50 bits per heavy atom. The lowest BCUT2D eigenvalue weighted by atomic mass is 10.2. The monoisotopic (exact) mass is 352 g/mol. The number of benzene rings is 2. The van der Waals surface area contributed by atoms with Gasteiger partial charge in [0, 0.05) is 0 Å². The van der Waals surface area contributed by atoms with Crippen LogP contribution in [0.2, 0.25) is 0 Å². The van der Waals surface area contributed by atoms with Crippen molar-refractivity contribution in [1.29, 1.82) is 0 Å². The second-order valence-corrected chi connectivity index (χ2v) is 5.29. The molecule has 0 aliphatic carbocycles. The number of para-hydroxylation sites is 2. The minimum Gasteiger partial charge on any atom is -0.481 e. The van der Waals surface area contributed by atoms with Crippen molar-refractivity contribution < 1.29 is 19.1 Å². The number of primary amides is 1. The Morgan fingerprint density at radius 2 is 1.77 bits per heavy atom. The number of hydrogen-bond acceptors (Lipinski definition) is 4. The number of nitrogens with two attached hydrogens (primary N) is 1. The highest BCUT2D eigenvalue weighted by Gasteiger charge is 2.13. The molecule has 2 rings (SSSR count). The van der Waals surface area contributed by atoms with Crippen molar-refractivity contribution in [3.8, 4) is 23.3 Å². The van der Waals surface area contributed by atoms with Crippen molar-refractivity contribution in [1.82, 2.24) is 5.32 Å². The van der Waals surface area contributed by atoms with Crippen molar-refractivity contribution in [3.05, 3.63) is 60.2 Å². The van der Waals surface area contributed by atoms with Crippen LogP contribution in [0, 0.1) is 11.8 Å². The Kier molecular flexibility index (Phi) is 7.07. The molecule has 0 unspecified atom stereocenters. The van der Waals surface area contributed by atoms with E-state index < -0.39 is 12.0 Å². The number of ether oxygens (including phenoxy) is 2. The first-order chi connectivity index (χ1) is 12.6. The second kappa shape index (κ2) is 9.74. The highest BCUT2D eigenvalue weighted by atomic mass is 16.5. The summed E-state index contributed by atoms with van der Waals surface area (Å²) < 4.78 is 10.9. The molecular weight excluding hydrogens is 332 g/mol. The number of carbonyl (C=O) groups excluding carboxylic acids is 2. The average Bonchev–Trinajstić information content (AvgIpc) is 2.65. The molecule has 3 N–H and O–H groups in total. The third kappa shape index (κ3) is 5.87. The summed E-state index contributed by atoms with van der Waals surface area (Å²) in [5, 5.41) is 2.66. The first-order valence-electron chi connectivity index (χ1n) is 8.04. The van der Waals surface area contributed by atoms with Gasteiger partial charge in [-0.2, -0.15) is 0 Å². The first-order valence-corrected chi connectivity index (χ1v) is 8.04. The van der Waals surface area contributed by atoms with Crippen LogP contribution in [0.1, 0.15) is 17.3 Å². The molecule has 0 radical (unpaired) electrons. The van der Waals surface area contributed by atoms with Crippen LogP contribution in [-0.4, -0.2) is 31.1 Å². The van der Waals surface area contributed by atoms with Gasteiger partial charge < -0.3 is 20.5 Å². The maximum absolute atomic E-state index is 11.9. The van der Waals surface area contributed by atoms with Gasteiger partial charge in [-0.3, -0.25) is 9.59 Å². The molecule has 6 nitrogen and oxygen atoms in total. The van der Waals surface area contributed by atoms with E-state index in [0.29, 0.717) is 17.1 Å². The summed E-state index contributed by atoms with van der Waals surface area (Å²) in [5.41, 5.74) is 5.57. The highest BCUT2D eigenvalue weighted by molar-refractivity contribution is 5.95. The molecule has 26 heavy (non-hydrogen) atoms. The fourth-order valence-electron chi connectivity index (χ4n) is 2.06. The third-order valence-electron chi connectivity index (χ3n) is 3.35. The van der Waals surface area contributed by atoms with E-state index in [-0.39, 0.29) is 19.1 Å². The molecule has 0 saturated carbocycles. The Morgan fingerprint density at radius 1 is 1.08 bits per heavy atom. The minimum absolute atomic E-state index is 0.0796. The van der Waals surface area contributed by atoms with Crippen molar-refractivity contribution in [2.45, 2.75) is 13.0 Å². The summed E-state index contributed by atoms with van der Waals surface area (Å²) >= 11 is 0. The van der Waals surface area contributed by atoms with E-state index in [1.54, 1.807) is 43.3 Å². The molecule has 0 bridgehead atoms. The van der Waals surface area contributed by atoms with Gasteiger partial charge in [-0.1, -0.05) is 42.2 Å². The van der Waals surface area contributed by atoms with Crippen LogP contribution < -0.4 is 20.5 Å². The number of hydrogen-bond donors (Lipinski definition) is 2. The van der Waals surface area contributed by atoms with Crippen molar-refractivity contribution >= 4 is 11.8 Å². The maximum Gasteiger partial charge on any atom is 0.261 e. The summed E-state index contributed by atoms with van der Waals surface area (Å²) in [7, 11) is 0. The van der Waals surface area contributed by atoms with Crippen LogP contribution in [0.3, 0.4) is 0 Å². The smallest absolute Gasteiger partial charge is 0.261 e. The molecule has 2 amide bonds. The van der Waals surface area contributed by atoms with E-state index >= 15 is 0 Å². The predicted octanol–water partition coefficient (Wildman–Crippen LogP) is 1.75. The molecule has 1 atom stereocenters. The fraction of sp³-hybridized carbons (Fsp3) is 0.200. The Labute approximate surface area is 152 Å². The van der Waals surface area contributed by atoms with Gasteiger partial charge in [0.2, 0.25) is 0 Å². The second-order valence-electron chi connectivity index (χ2n) is 5.29. The highest BCUT2D eigenvalue weighted by Crippen LogP contribution is 2.16. The largest absolute Gasteiger partial charge is 0.481 e. The molecule has 0 aliphatic heterocycles. The van der Waals surface area contributed by atoms with Gasteiger partial charge in [0.1, 0.15) is 18.1 Å². The van der Waals surface area contributed by atoms with Gasteiger partial charge in [-0.05, 0) is 31.2 Å². The first kappa shape index (κ1) is 18.9. The summed E-state index contributed by atoms with van der Waals surface area (Å²) in [6.07, 6.45) is -0.627. The minimum atomic E-state index is -0.627. The van der Waals surface area contributed by atoms with E-state index in [4.69, 9.17) is 15.2 Å². The predicted molar refractivity (Wildman–Crippen MR) is 97.8 cm³/mol. The van der Waals surface area contributed by atoms with Gasteiger partial charge in [0.25, 0.3) is 11.8 Å². The zero-order chi connectivity index (χ0) is 18.8. The lowest BCUT2D eigenvalue weighted by Gasteiger charge is -2.13. The SMILES string of the molecule is C[C@@H](Oc1ccccc1)C(=O)NCC#CCOc1ccccc1C(N)=O. The standard InChI is InChI=1S/C20H20N2O4/c1-15(26-16-9-3-2-4-10-16)20(24)22-13-7-8-14-25-18-12-6-5-11-17(18)19(21)23/h2-6,9-12,15H,13-14H2,1H3,(H2,21,23)(H,22,24)/t15-/m1/s1. The normalized spacial score (nSPS) is 10.8. The summed E-state index contributed by atoms with van der Waals surface area (Å²) in [5.74, 6) is 5.72. The topological polar surface area (TPSA) is 90.7 Å². The molecular formula is C20H20N2O4. The molecule has 0 heterocycles. The van der Waals surface area contributed by atoms with Gasteiger partial charge in [-0.25, -0.2) is 0 Å². The number of carbonyl (C=O) groups is 2. The van der Waals surface area contributed by atoms with Crippen LogP contribution in [0.15, 0.2) is 54.6 Å². The molecule has 0 aromatic heterocycles. The fourth-order valence-corrected chi connectivity index (χ4v) is 2.06. The lowest BCUT2D eigenvalue weighted by molar-refractivity contribution is -0.127. The molecule has 6 heteroatoms. The van der Waals surface area contributed by atoms with Crippen LogP contribution >= 0.6 is 0 Å². The van der Waals surface area contributed by atoms with Gasteiger partial charge in [0.05, 0.1) is 12.1 Å². The van der Waals surface area contributed by atoms with E-state index in [2.05, 4.69) is 17.2 Å². The Bertz CT molecular complexity index is 809. The van der Waals surface area contributed by atoms with E-state index in [9.17, 15) is 9.59 Å². The van der Waals surface area contributed by atoms with Crippen LogP contribution in [-0.2, 0) is 4.79 Å². The van der Waals surface area contributed by atoms with E-state index in [1.807, 2.05) is 18.2 Å². The van der Waals surface area contributed by atoms with Crippen LogP contribution in [0.25, 0.3) is 0 Å². The molecule has 134 valence electrons. The molecule has 0 aliphatic rings. The zero-order valence-electron chi connectivity index (χ0n) is 14.4. The quantitative estimate of drug-likeness (QED) is 0.743. The third-order valence-corrected chi connectivity index (χ3v) is 3.35. The van der Waals surface area contributed by atoms with Crippen LogP contribution in [0.4, 0.5) is 0 Å². The summed E-state index contributed by atoms with van der Waals surface area (Å²) in [6.45, 7) is 1.91. The van der Waals surface area contributed by atoms with Crippen molar-refractivity contribution in [3.63, 3.8) is 0 Å². The molecule has 0 saturated heterocycles. The molecule has 0 spiro atoms. The number of nitrogens with one attached hydrogen (secondary N) is 1. The maximum atomic E-state index is 11.9. The number of rotatable bonds is 7.